The first-order chi connectivity index (χ1) is 9.42. The van der Waals surface area contributed by atoms with E-state index in [1.165, 1.54) is 5.56 Å². The molecule has 3 heteroatoms. The van der Waals surface area contributed by atoms with Crippen molar-refractivity contribution in [3.8, 4) is 11.5 Å². The second-order valence-electron chi connectivity index (χ2n) is 8.21. The van der Waals surface area contributed by atoms with Gasteiger partial charge in [-0.2, -0.15) is 0 Å². The second-order valence-corrected chi connectivity index (χ2v) is 17.8. The summed E-state index contributed by atoms with van der Waals surface area (Å²) >= 11 is 0. The molecule has 21 heavy (non-hydrogen) atoms. The molecule has 0 spiro atoms. The van der Waals surface area contributed by atoms with E-state index < -0.39 is 16.4 Å². The Labute approximate surface area is 133 Å². The minimum Gasteiger partial charge on any atom is -0.413 e. The lowest BCUT2D eigenvalue weighted by molar-refractivity contribution is 0.276. The largest absolute Gasteiger partial charge is 0.413 e. The molecule has 1 aromatic rings. The molecule has 0 aliphatic carbocycles. The fraction of sp³-hybridized carbons (Fsp3) is 0.556. The molecule has 0 amide bonds. The molecule has 1 nitrogen and oxygen atoms in total. The van der Waals surface area contributed by atoms with E-state index in [4.69, 9.17) is 4.43 Å². The lowest BCUT2D eigenvalue weighted by Gasteiger charge is -2.36. The monoisotopic (exact) mass is 318 g/mol. The van der Waals surface area contributed by atoms with E-state index in [1.54, 1.807) is 0 Å². The average molecular weight is 319 g/mol. The molecule has 1 rings (SSSR count). The zero-order valence-electron chi connectivity index (χ0n) is 14.9. The molecule has 1 aromatic carbocycles. The Morgan fingerprint density at radius 3 is 2.10 bits per heavy atom. The number of rotatable bonds is 3. The van der Waals surface area contributed by atoms with Crippen LogP contribution in [0.3, 0.4) is 0 Å². The maximum atomic E-state index is 6.34. The van der Waals surface area contributed by atoms with Gasteiger partial charge in [-0.05, 0) is 29.8 Å². The first kappa shape index (κ1) is 18.2. The SMILES string of the molecule is CC(C)(C)[Si](C)(C)OCc1ccccc1C#C[Si](C)(C)C. The van der Waals surface area contributed by atoms with Crippen LogP contribution in [-0.2, 0) is 11.0 Å². The maximum Gasteiger partial charge on any atom is 0.192 e. The lowest BCUT2D eigenvalue weighted by atomic mass is 10.1. The molecule has 0 N–H and O–H groups in total. The van der Waals surface area contributed by atoms with E-state index in [1.807, 2.05) is 0 Å². The lowest BCUT2D eigenvalue weighted by Crippen LogP contribution is -2.40. The minimum atomic E-state index is -1.71. The molecule has 0 radical (unpaired) electrons. The van der Waals surface area contributed by atoms with Crippen molar-refractivity contribution >= 4 is 16.4 Å². The highest BCUT2D eigenvalue weighted by molar-refractivity contribution is 6.83. The topological polar surface area (TPSA) is 9.23 Å². The third-order valence-electron chi connectivity index (χ3n) is 3.98. The Balaban J connectivity index is 2.93. The summed E-state index contributed by atoms with van der Waals surface area (Å²) in [5.74, 6) is 3.38. The summed E-state index contributed by atoms with van der Waals surface area (Å²) in [5.41, 5.74) is 5.79. The first-order valence-corrected chi connectivity index (χ1v) is 14.1. The third-order valence-corrected chi connectivity index (χ3v) is 9.34. The zero-order valence-corrected chi connectivity index (χ0v) is 16.9. The van der Waals surface area contributed by atoms with Crippen molar-refractivity contribution in [2.75, 3.05) is 0 Å². The van der Waals surface area contributed by atoms with E-state index in [2.05, 4.69) is 89.2 Å². The average Bonchev–Trinajstić information content (AvgIpc) is 2.32. The minimum absolute atomic E-state index is 0.242. The van der Waals surface area contributed by atoms with Crippen molar-refractivity contribution < 1.29 is 4.43 Å². The Bertz CT molecular complexity index is 537. The Kier molecular flexibility index (Phi) is 5.65. The standard InChI is InChI=1S/C18H30OSi2/c1-18(2,3)21(7,8)19-15-17-12-10-9-11-16(17)13-14-20(4,5)6/h9-12H,15H2,1-8H3. The van der Waals surface area contributed by atoms with Crippen LogP contribution in [0.1, 0.15) is 31.9 Å². The smallest absolute Gasteiger partial charge is 0.192 e. The molecule has 0 aliphatic heterocycles. The molecule has 0 aliphatic rings. The Morgan fingerprint density at radius 1 is 1.00 bits per heavy atom. The van der Waals surface area contributed by atoms with Crippen LogP contribution < -0.4 is 0 Å². The summed E-state index contributed by atoms with van der Waals surface area (Å²) in [6, 6.07) is 8.38. The van der Waals surface area contributed by atoms with Crippen molar-refractivity contribution in [2.24, 2.45) is 0 Å². The van der Waals surface area contributed by atoms with Crippen LogP contribution in [0.4, 0.5) is 0 Å². The summed E-state index contributed by atoms with van der Waals surface area (Å²) < 4.78 is 6.34. The molecule has 0 bridgehead atoms. The molecule has 0 saturated heterocycles. The van der Waals surface area contributed by atoms with Crippen LogP contribution in [0.5, 0.6) is 0 Å². The van der Waals surface area contributed by atoms with Gasteiger partial charge < -0.3 is 4.43 Å². The normalized spacial score (nSPS) is 12.8. The van der Waals surface area contributed by atoms with Gasteiger partial charge in [0.15, 0.2) is 8.32 Å². The van der Waals surface area contributed by atoms with Crippen LogP contribution in [0.15, 0.2) is 24.3 Å². The van der Waals surface area contributed by atoms with E-state index in [0.29, 0.717) is 6.61 Å². The highest BCUT2D eigenvalue weighted by Crippen LogP contribution is 2.37. The molecule has 0 aromatic heterocycles. The molecule has 0 atom stereocenters. The van der Waals surface area contributed by atoms with E-state index in [-0.39, 0.29) is 5.04 Å². The van der Waals surface area contributed by atoms with Crippen LogP contribution in [-0.4, -0.2) is 16.4 Å². The van der Waals surface area contributed by atoms with Crippen LogP contribution in [0.25, 0.3) is 0 Å². The van der Waals surface area contributed by atoms with Crippen molar-refractivity contribution in [1.82, 2.24) is 0 Å². The maximum absolute atomic E-state index is 6.34. The van der Waals surface area contributed by atoms with Crippen molar-refractivity contribution in [3.63, 3.8) is 0 Å². The number of benzene rings is 1. The van der Waals surface area contributed by atoms with Crippen molar-refractivity contribution in [1.29, 1.82) is 0 Å². The van der Waals surface area contributed by atoms with Gasteiger partial charge in [-0.15, -0.1) is 5.54 Å². The van der Waals surface area contributed by atoms with Gasteiger partial charge in [0, 0.05) is 5.56 Å². The molecule has 0 fully saturated rings. The third kappa shape index (κ3) is 5.82. The zero-order chi connectivity index (χ0) is 16.3. The fourth-order valence-electron chi connectivity index (χ4n) is 1.50. The van der Waals surface area contributed by atoms with Crippen LogP contribution in [0, 0.1) is 11.5 Å². The Hall–Kier alpha value is -0.826. The molecular formula is C18H30OSi2. The summed E-state index contributed by atoms with van der Waals surface area (Å²) in [6.45, 7) is 18.9. The predicted octanol–water partition coefficient (Wildman–Crippen LogP) is 5.44. The van der Waals surface area contributed by atoms with Gasteiger partial charge in [0.2, 0.25) is 0 Å². The molecule has 116 valence electrons. The summed E-state index contributed by atoms with van der Waals surface area (Å²) in [7, 11) is -3.06. The highest BCUT2D eigenvalue weighted by atomic mass is 28.4. The number of hydrogen-bond donors (Lipinski definition) is 0. The van der Waals surface area contributed by atoms with Crippen molar-refractivity contribution in [3.05, 3.63) is 35.4 Å². The molecule has 0 heterocycles. The van der Waals surface area contributed by atoms with E-state index in [9.17, 15) is 0 Å². The summed E-state index contributed by atoms with van der Waals surface area (Å²) in [5, 5.41) is 0.242. The van der Waals surface area contributed by atoms with E-state index >= 15 is 0 Å². The number of hydrogen-bond acceptors (Lipinski definition) is 1. The molecule has 0 unspecified atom stereocenters. The van der Waals surface area contributed by atoms with Crippen LogP contribution >= 0.6 is 0 Å². The molecule has 0 saturated carbocycles. The summed E-state index contributed by atoms with van der Waals surface area (Å²) in [6.07, 6.45) is 0. The summed E-state index contributed by atoms with van der Waals surface area (Å²) in [4.78, 5) is 0. The quantitative estimate of drug-likeness (QED) is 0.533. The van der Waals surface area contributed by atoms with Gasteiger partial charge in [-0.25, -0.2) is 0 Å². The molecular weight excluding hydrogens is 288 g/mol. The van der Waals surface area contributed by atoms with Crippen molar-refractivity contribution in [2.45, 2.75) is 65.2 Å². The first-order valence-electron chi connectivity index (χ1n) is 7.67. The van der Waals surface area contributed by atoms with E-state index in [0.717, 1.165) is 5.56 Å². The van der Waals surface area contributed by atoms with Gasteiger partial charge in [0.05, 0.1) is 6.61 Å². The Morgan fingerprint density at radius 2 is 1.57 bits per heavy atom. The second kappa shape index (κ2) is 6.52. The van der Waals surface area contributed by atoms with Gasteiger partial charge in [-0.3, -0.25) is 0 Å². The van der Waals surface area contributed by atoms with Gasteiger partial charge >= 0.3 is 0 Å². The predicted molar refractivity (Wildman–Crippen MR) is 98.7 cm³/mol. The van der Waals surface area contributed by atoms with Gasteiger partial charge in [0.25, 0.3) is 0 Å². The van der Waals surface area contributed by atoms with Crippen LogP contribution in [0.2, 0.25) is 37.8 Å². The van der Waals surface area contributed by atoms with Gasteiger partial charge in [-0.1, -0.05) is 64.5 Å². The highest BCUT2D eigenvalue weighted by Gasteiger charge is 2.37. The van der Waals surface area contributed by atoms with Gasteiger partial charge in [0.1, 0.15) is 8.07 Å². The fourth-order valence-corrected chi connectivity index (χ4v) is 2.96.